The Bertz CT molecular complexity index is 770. The van der Waals surface area contributed by atoms with Crippen molar-refractivity contribution in [1.82, 2.24) is 4.90 Å². The summed E-state index contributed by atoms with van der Waals surface area (Å²) in [4.78, 5) is 2.33. The Morgan fingerprint density at radius 3 is 1.43 bits per heavy atom. The molecule has 0 bridgehead atoms. The molecule has 0 unspecified atom stereocenters. The summed E-state index contributed by atoms with van der Waals surface area (Å²) in [5.41, 5.74) is 0.580. The first kappa shape index (κ1) is 30.1. The molecule has 0 aliphatic carbocycles. The van der Waals surface area contributed by atoms with Gasteiger partial charge in [-0.05, 0) is 29.6 Å². The molecular weight excluding hydrogens is 490 g/mol. The highest BCUT2D eigenvalue weighted by molar-refractivity contribution is 7.98. The Morgan fingerprint density at radius 1 is 0.676 bits per heavy atom. The summed E-state index contributed by atoms with van der Waals surface area (Å²) < 4.78 is 28.6. The van der Waals surface area contributed by atoms with Crippen molar-refractivity contribution >= 4 is 11.8 Å². The third-order valence-corrected chi connectivity index (χ3v) is 7.12. The molecule has 1 fully saturated rings. The van der Waals surface area contributed by atoms with Crippen LogP contribution in [-0.2, 0) is 29.3 Å². The van der Waals surface area contributed by atoms with Crippen molar-refractivity contribution in [2.45, 2.75) is 18.1 Å². The molecule has 1 saturated heterocycles. The Morgan fingerprint density at radius 2 is 1.05 bits per heavy atom. The zero-order valence-electron chi connectivity index (χ0n) is 22.1. The van der Waals surface area contributed by atoms with Crippen molar-refractivity contribution in [2.75, 3.05) is 91.2 Å². The molecule has 0 radical (unpaired) electrons. The molecule has 1 aliphatic rings. The smallest absolute Gasteiger partial charge is 0.130 e. The van der Waals surface area contributed by atoms with Crippen LogP contribution in [0.15, 0.2) is 60.7 Å². The SMILES string of the molecule is CSCC[C@H](N1CCOCCOCCOCCOCCOCC1)C(O)(c1ccccc1)c1ccccc1. The number of ether oxygens (including phenoxy) is 5. The van der Waals surface area contributed by atoms with E-state index >= 15 is 0 Å². The molecule has 3 rings (SSSR count). The van der Waals surface area contributed by atoms with Crippen molar-refractivity contribution in [3.05, 3.63) is 71.8 Å². The number of benzene rings is 2. The molecule has 2 aromatic carbocycles. The average Bonchev–Trinajstić information content (AvgIpc) is 2.94. The molecule has 1 aliphatic heterocycles. The number of hydrogen-bond acceptors (Lipinski definition) is 8. The van der Waals surface area contributed by atoms with Gasteiger partial charge in [-0.3, -0.25) is 4.90 Å². The fraction of sp³-hybridized carbons (Fsp3) is 0.586. The lowest BCUT2D eigenvalue weighted by molar-refractivity contribution is -0.0511. The van der Waals surface area contributed by atoms with Gasteiger partial charge in [-0.15, -0.1) is 0 Å². The summed E-state index contributed by atoms with van der Waals surface area (Å²) in [5.74, 6) is 0.925. The van der Waals surface area contributed by atoms with Crippen molar-refractivity contribution in [1.29, 1.82) is 0 Å². The quantitative estimate of drug-likeness (QED) is 0.581. The molecule has 0 amide bonds. The second-order valence-electron chi connectivity index (χ2n) is 8.89. The minimum atomic E-state index is -1.19. The van der Waals surface area contributed by atoms with Crippen molar-refractivity contribution in [3.8, 4) is 0 Å². The minimum absolute atomic E-state index is 0.174. The normalized spacial score (nSPS) is 19.5. The first-order valence-corrected chi connectivity index (χ1v) is 14.6. The topological polar surface area (TPSA) is 69.6 Å². The summed E-state index contributed by atoms with van der Waals surface area (Å²) in [6.45, 7) is 6.67. The third kappa shape index (κ3) is 9.96. The molecular formula is C29H43NO6S. The summed E-state index contributed by atoms with van der Waals surface area (Å²) in [6, 6.07) is 19.8. The standard InChI is InChI=1S/C29H43NO6S/c1-37-25-12-28(29(31,26-8-4-2-5-9-26)27-10-6-3-7-11-27)30-13-15-32-17-19-34-21-23-36-24-22-35-20-18-33-16-14-30/h2-11,28,31H,12-25H2,1H3/t28-/m0/s1. The van der Waals surface area contributed by atoms with Gasteiger partial charge in [-0.2, -0.15) is 11.8 Å². The monoisotopic (exact) mass is 533 g/mol. The van der Waals surface area contributed by atoms with Crippen molar-refractivity contribution in [3.63, 3.8) is 0 Å². The van der Waals surface area contributed by atoms with Crippen LogP contribution in [0.1, 0.15) is 17.5 Å². The zero-order valence-corrected chi connectivity index (χ0v) is 22.9. The van der Waals surface area contributed by atoms with Crippen LogP contribution in [0.25, 0.3) is 0 Å². The molecule has 0 saturated carbocycles. The molecule has 0 spiro atoms. The van der Waals surface area contributed by atoms with Gasteiger partial charge in [-0.25, -0.2) is 0 Å². The maximum Gasteiger partial charge on any atom is 0.130 e. The van der Waals surface area contributed by atoms with Crippen molar-refractivity contribution in [2.24, 2.45) is 0 Å². The van der Waals surface area contributed by atoms with E-state index in [0.717, 1.165) is 23.3 Å². The van der Waals surface area contributed by atoms with Crippen LogP contribution in [0.4, 0.5) is 0 Å². The highest BCUT2D eigenvalue weighted by Gasteiger charge is 2.42. The molecule has 2 aromatic rings. The number of aliphatic hydroxyl groups is 1. The Balaban J connectivity index is 1.83. The van der Waals surface area contributed by atoms with Gasteiger partial charge >= 0.3 is 0 Å². The van der Waals surface area contributed by atoms with E-state index in [1.54, 1.807) is 11.8 Å². The van der Waals surface area contributed by atoms with E-state index in [0.29, 0.717) is 79.2 Å². The van der Waals surface area contributed by atoms with Gasteiger partial charge in [0.05, 0.1) is 66.1 Å². The van der Waals surface area contributed by atoms with Gasteiger partial charge in [0.15, 0.2) is 0 Å². The fourth-order valence-electron chi connectivity index (χ4n) is 4.59. The van der Waals surface area contributed by atoms with E-state index in [9.17, 15) is 5.11 Å². The molecule has 1 heterocycles. The number of nitrogens with zero attached hydrogens (tertiary/aromatic N) is 1. The van der Waals surface area contributed by atoms with Crippen LogP contribution in [0, 0.1) is 0 Å². The van der Waals surface area contributed by atoms with E-state index in [4.69, 9.17) is 23.7 Å². The predicted octanol–water partition coefficient (Wildman–Crippen LogP) is 3.44. The maximum absolute atomic E-state index is 12.6. The molecule has 37 heavy (non-hydrogen) atoms. The lowest BCUT2D eigenvalue weighted by Gasteiger charge is -2.44. The number of thioether (sulfide) groups is 1. The molecule has 206 valence electrons. The van der Waals surface area contributed by atoms with E-state index in [2.05, 4.69) is 11.2 Å². The van der Waals surface area contributed by atoms with Gasteiger partial charge in [0.25, 0.3) is 0 Å². The Labute approximate surface area is 226 Å². The van der Waals surface area contributed by atoms with Gasteiger partial charge in [0.1, 0.15) is 5.60 Å². The number of rotatable bonds is 7. The van der Waals surface area contributed by atoms with Crippen LogP contribution in [0.5, 0.6) is 0 Å². The summed E-state index contributed by atoms with van der Waals surface area (Å²) in [5, 5.41) is 12.6. The molecule has 7 nitrogen and oxygen atoms in total. The van der Waals surface area contributed by atoms with Crippen molar-refractivity contribution < 1.29 is 28.8 Å². The maximum atomic E-state index is 12.6. The molecule has 8 heteroatoms. The minimum Gasteiger partial charge on any atom is -0.379 e. The lowest BCUT2D eigenvalue weighted by Crippen LogP contribution is -2.53. The van der Waals surface area contributed by atoms with Crippen LogP contribution in [0.2, 0.25) is 0 Å². The third-order valence-electron chi connectivity index (χ3n) is 6.48. The Hall–Kier alpha value is -1.49. The fourth-order valence-corrected chi connectivity index (χ4v) is 5.05. The second-order valence-corrected chi connectivity index (χ2v) is 9.88. The molecule has 1 N–H and O–H groups in total. The van der Waals surface area contributed by atoms with Gasteiger partial charge in [0, 0.05) is 19.1 Å². The first-order chi connectivity index (χ1) is 18.3. The summed E-state index contributed by atoms with van der Waals surface area (Å²) >= 11 is 1.79. The largest absolute Gasteiger partial charge is 0.379 e. The van der Waals surface area contributed by atoms with E-state index in [1.807, 2.05) is 60.7 Å². The summed E-state index contributed by atoms with van der Waals surface area (Å²) in [6.07, 6.45) is 2.92. The van der Waals surface area contributed by atoms with E-state index < -0.39 is 5.60 Å². The van der Waals surface area contributed by atoms with Gasteiger partial charge in [0.2, 0.25) is 0 Å². The van der Waals surface area contributed by atoms with Crippen LogP contribution < -0.4 is 0 Å². The molecule has 1 atom stereocenters. The molecule has 0 aromatic heterocycles. The van der Waals surface area contributed by atoms with Crippen LogP contribution in [-0.4, -0.2) is 107 Å². The highest BCUT2D eigenvalue weighted by atomic mass is 32.2. The first-order valence-electron chi connectivity index (χ1n) is 13.2. The van der Waals surface area contributed by atoms with E-state index in [-0.39, 0.29) is 6.04 Å². The summed E-state index contributed by atoms with van der Waals surface area (Å²) in [7, 11) is 0. The van der Waals surface area contributed by atoms with E-state index in [1.165, 1.54) is 0 Å². The lowest BCUT2D eigenvalue weighted by atomic mass is 9.78. The highest BCUT2D eigenvalue weighted by Crippen LogP contribution is 2.37. The van der Waals surface area contributed by atoms with Crippen LogP contribution >= 0.6 is 11.8 Å². The second kappa shape index (κ2) is 17.9. The predicted molar refractivity (Wildman–Crippen MR) is 148 cm³/mol. The zero-order chi connectivity index (χ0) is 26.0. The Kier molecular flexibility index (Phi) is 14.6. The van der Waals surface area contributed by atoms with Gasteiger partial charge < -0.3 is 28.8 Å². The average molecular weight is 534 g/mol. The van der Waals surface area contributed by atoms with Gasteiger partial charge in [-0.1, -0.05) is 60.7 Å². The van der Waals surface area contributed by atoms with Crippen LogP contribution in [0.3, 0.4) is 0 Å². The number of hydrogen-bond donors (Lipinski definition) is 1.